The van der Waals surface area contributed by atoms with E-state index in [2.05, 4.69) is 29.0 Å². The number of alkyl halides is 2. The Hall–Kier alpha value is -2.63. The van der Waals surface area contributed by atoms with Crippen molar-refractivity contribution in [2.75, 3.05) is 13.6 Å². The van der Waals surface area contributed by atoms with Crippen LogP contribution in [-0.4, -0.2) is 31.1 Å². The normalized spacial score (nSPS) is 22.2. The first-order valence-corrected chi connectivity index (χ1v) is 9.17. The third-order valence-corrected chi connectivity index (χ3v) is 5.35. The Morgan fingerprint density at radius 1 is 1.19 bits per heavy atom. The Morgan fingerprint density at radius 2 is 1.93 bits per heavy atom. The first kappa shape index (κ1) is 17.8. The summed E-state index contributed by atoms with van der Waals surface area (Å²) in [5.41, 5.74) is 8.72. The van der Waals surface area contributed by atoms with E-state index in [0.717, 1.165) is 23.5 Å². The topological polar surface area (TPSA) is 50.8 Å². The van der Waals surface area contributed by atoms with Crippen molar-refractivity contribution < 1.29 is 13.5 Å². The van der Waals surface area contributed by atoms with E-state index in [-0.39, 0.29) is 5.75 Å². The molecule has 0 spiro atoms. The predicted molar refractivity (Wildman–Crippen MR) is 101 cm³/mol. The lowest BCUT2D eigenvalue weighted by Gasteiger charge is -2.28. The van der Waals surface area contributed by atoms with Gasteiger partial charge < -0.3 is 15.4 Å². The number of nitrogens with zero attached hydrogens (tertiary/aromatic N) is 2. The summed E-state index contributed by atoms with van der Waals surface area (Å²) in [6.07, 6.45) is 3.68. The van der Waals surface area contributed by atoms with E-state index in [0.29, 0.717) is 12.5 Å². The van der Waals surface area contributed by atoms with Crippen molar-refractivity contribution in [2.45, 2.75) is 31.4 Å². The molecule has 4 nitrogen and oxygen atoms in total. The molecule has 1 heterocycles. The molecule has 6 heteroatoms. The molecule has 0 radical (unpaired) electrons. The van der Waals surface area contributed by atoms with E-state index in [1.807, 2.05) is 11.9 Å². The minimum absolute atomic E-state index is 0.134. The molecule has 1 atom stereocenters. The first-order chi connectivity index (χ1) is 13.0. The first-order valence-electron chi connectivity index (χ1n) is 9.17. The standard InChI is InChI=1S/C21H23F2N3O/c1-26-13-21(25-20(26)24,16-7-9-18(10-8-16)27-19(22)23)17-4-2-3-15(12-17)11-14-5-6-14/h2-4,7-10,12,14,19H,5-6,11,13H2,1H3,(H2,24,25). The lowest BCUT2D eigenvalue weighted by atomic mass is 9.82. The zero-order chi connectivity index (χ0) is 19.0. The molecule has 1 unspecified atom stereocenters. The van der Waals surface area contributed by atoms with Crippen molar-refractivity contribution in [1.29, 1.82) is 0 Å². The molecule has 2 aromatic carbocycles. The highest BCUT2D eigenvalue weighted by atomic mass is 19.3. The number of nitrogens with two attached hydrogens (primary N) is 1. The van der Waals surface area contributed by atoms with Crippen molar-refractivity contribution in [3.8, 4) is 5.75 Å². The summed E-state index contributed by atoms with van der Waals surface area (Å²) in [5.74, 6) is 1.40. The highest BCUT2D eigenvalue weighted by Gasteiger charge is 2.41. The molecule has 0 bridgehead atoms. The summed E-state index contributed by atoms with van der Waals surface area (Å²) in [4.78, 5) is 6.71. The number of hydrogen-bond acceptors (Lipinski definition) is 4. The van der Waals surface area contributed by atoms with Crippen LogP contribution in [0.1, 0.15) is 29.5 Å². The average molecular weight is 371 g/mol. The zero-order valence-electron chi connectivity index (χ0n) is 15.2. The van der Waals surface area contributed by atoms with Crippen LogP contribution in [0.15, 0.2) is 53.5 Å². The average Bonchev–Trinajstić information content (AvgIpc) is 3.39. The van der Waals surface area contributed by atoms with Gasteiger partial charge in [0.1, 0.15) is 11.3 Å². The number of ether oxygens (including phenoxy) is 1. The highest BCUT2D eigenvalue weighted by molar-refractivity contribution is 5.81. The van der Waals surface area contributed by atoms with Gasteiger partial charge in [-0.15, -0.1) is 0 Å². The van der Waals surface area contributed by atoms with Crippen LogP contribution in [-0.2, 0) is 12.0 Å². The van der Waals surface area contributed by atoms with Gasteiger partial charge in [0.2, 0.25) is 0 Å². The fourth-order valence-corrected chi connectivity index (χ4v) is 3.74. The second kappa shape index (κ2) is 6.83. The molecule has 2 N–H and O–H groups in total. The van der Waals surface area contributed by atoms with Crippen molar-refractivity contribution in [3.05, 3.63) is 65.2 Å². The second-order valence-electron chi connectivity index (χ2n) is 7.44. The van der Waals surface area contributed by atoms with E-state index in [9.17, 15) is 8.78 Å². The van der Waals surface area contributed by atoms with Crippen LogP contribution in [0.5, 0.6) is 5.75 Å². The lowest BCUT2D eigenvalue weighted by Crippen LogP contribution is -2.34. The molecule has 0 aromatic heterocycles. The van der Waals surface area contributed by atoms with Gasteiger partial charge in [-0.25, -0.2) is 4.99 Å². The number of likely N-dealkylation sites (N-methyl/N-ethyl adjacent to an activating group) is 1. The monoisotopic (exact) mass is 371 g/mol. The van der Waals surface area contributed by atoms with Crippen LogP contribution in [0.2, 0.25) is 0 Å². The van der Waals surface area contributed by atoms with Gasteiger partial charge in [-0.05, 0) is 54.0 Å². The number of benzene rings is 2. The van der Waals surface area contributed by atoms with Crippen LogP contribution >= 0.6 is 0 Å². The summed E-state index contributed by atoms with van der Waals surface area (Å²) >= 11 is 0. The van der Waals surface area contributed by atoms with Gasteiger partial charge in [-0.1, -0.05) is 36.4 Å². The van der Waals surface area contributed by atoms with Gasteiger partial charge in [-0.3, -0.25) is 0 Å². The highest BCUT2D eigenvalue weighted by Crippen LogP contribution is 2.40. The van der Waals surface area contributed by atoms with E-state index in [1.165, 1.54) is 18.4 Å². The summed E-state index contributed by atoms with van der Waals surface area (Å²) in [5, 5.41) is 0. The molecule has 0 saturated heterocycles. The fraction of sp³-hybridized carbons (Fsp3) is 0.381. The summed E-state index contributed by atoms with van der Waals surface area (Å²) in [6.45, 7) is -2.24. The maximum absolute atomic E-state index is 12.5. The van der Waals surface area contributed by atoms with Gasteiger partial charge in [0.15, 0.2) is 5.96 Å². The smallest absolute Gasteiger partial charge is 0.387 e. The van der Waals surface area contributed by atoms with Gasteiger partial charge in [0.05, 0.1) is 6.54 Å². The molecular weight excluding hydrogens is 348 g/mol. The molecule has 4 rings (SSSR count). The third-order valence-electron chi connectivity index (χ3n) is 5.35. The molecule has 1 saturated carbocycles. The zero-order valence-corrected chi connectivity index (χ0v) is 15.2. The molecule has 1 aliphatic carbocycles. The summed E-state index contributed by atoms with van der Waals surface area (Å²) in [7, 11) is 1.91. The molecule has 2 aromatic rings. The predicted octanol–water partition coefficient (Wildman–Crippen LogP) is 3.74. The van der Waals surface area contributed by atoms with E-state index < -0.39 is 12.2 Å². The Labute approximate surface area is 157 Å². The van der Waals surface area contributed by atoms with Gasteiger partial charge in [-0.2, -0.15) is 8.78 Å². The van der Waals surface area contributed by atoms with Crippen molar-refractivity contribution >= 4 is 5.96 Å². The van der Waals surface area contributed by atoms with E-state index >= 15 is 0 Å². The maximum Gasteiger partial charge on any atom is 0.387 e. The summed E-state index contributed by atoms with van der Waals surface area (Å²) in [6, 6.07) is 15.2. The van der Waals surface area contributed by atoms with Crippen LogP contribution in [0.3, 0.4) is 0 Å². The largest absolute Gasteiger partial charge is 0.435 e. The van der Waals surface area contributed by atoms with Gasteiger partial charge in [0, 0.05) is 7.05 Å². The molecule has 27 heavy (non-hydrogen) atoms. The number of hydrogen-bond donors (Lipinski definition) is 1. The minimum atomic E-state index is -2.84. The van der Waals surface area contributed by atoms with E-state index in [1.54, 1.807) is 24.3 Å². The Balaban J connectivity index is 1.73. The van der Waals surface area contributed by atoms with E-state index in [4.69, 9.17) is 10.7 Å². The molecule has 2 aliphatic rings. The van der Waals surface area contributed by atoms with Crippen LogP contribution in [0, 0.1) is 5.92 Å². The Kier molecular flexibility index (Phi) is 4.50. The fourth-order valence-electron chi connectivity index (χ4n) is 3.74. The SMILES string of the molecule is CN1CC(c2ccc(OC(F)F)cc2)(c2cccc(CC3CC3)c2)N=C1N. The Morgan fingerprint density at radius 3 is 2.52 bits per heavy atom. The quantitative estimate of drug-likeness (QED) is 0.842. The Bertz CT molecular complexity index is 849. The molecule has 1 fully saturated rings. The lowest BCUT2D eigenvalue weighted by molar-refractivity contribution is -0.0498. The van der Waals surface area contributed by atoms with Crippen LogP contribution < -0.4 is 10.5 Å². The van der Waals surface area contributed by atoms with Crippen molar-refractivity contribution in [2.24, 2.45) is 16.6 Å². The minimum Gasteiger partial charge on any atom is -0.435 e. The molecule has 0 amide bonds. The maximum atomic E-state index is 12.5. The van der Waals surface area contributed by atoms with Gasteiger partial charge in [0.25, 0.3) is 0 Å². The second-order valence-corrected chi connectivity index (χ2v) is 7.44. The van der Waals surface area contributed by atoms with Crippen molar-refractivity contribution in [1.82, 2.24) is 4.90 Å². The number of guanidine groups is 1. The van der Waals surface area contributed by atoms with Crippen molar-refractivity contribution in [3.63, 3.8) is 0 Å². The number of aliphatic imine (C=N–C) groups is 1. The summed E-state index contributed by atoms with van der Waals surface area (Å²) < 4.78 is 29.4. The third kappa shape index (κ3) is 3.61. The van der Waals surface area contributed by atoms with Crippen LogP contribution in [0.4, 0.5) is 8.78 Å². The number of halogens is 2. The molecule has 1 aliphatic heterocycles. The number of rotatable bonds is 6. The molecule has 142 valence electrons. The van der Waals surface area contributed by atoms with Crippen LogP contribution in [0.25, 0.3) is 0 Å². The molecular formula is C21H23F2N3O. The van der Waals surface area contributed by atoms with Gasteiger partial charge >= 0.3 is 6.61 Å².